The Hall–Kier alpha value is -1.27. The number of hydrogen-bond donors (Lipinski definition) is 0. The first-order valence-electron chi connectivity index (χ1n) is 9.98. The molecule has 2 unspecified atom stereocenters. The molecular weight excluding hydrogens is 364 g/mol. The van der Waals surface area contributed by atoms with Crippen molar-refractivity contribution in [2.24, 2.45) is 22.7 Å². The maximum Gasteiger partial charge on any atom is 0.264 e. The summed E-state index contributed by atoms with van der Waals surface area (Å²) in [5.74, 6) is 1.29. The molecule has 4 rings (SSSR count). The zero-order valence-corrected chi connectivity index (χ0v) is 16.9. The highest BCUT2D eigenvalue weighted by Gasteiger charge is 2.56. The van der Waals surface area contributed by atoms with Crippen LogP contribution in [0.4, 0.5) is 0 Å². The quantitative estimate of drug-likeness (QED) is 0.542. The number of fused-ring (bicyclic) bond motifs is 5. The average Bonchev–Trinajstić information content (AvgIpc) is 2.89. The summed E-state index contributed by atoms with van der Waals surface area (Å²) in [6.07, 6.45) is 11.2. The smallest absolute Gasteiger partial charge is 0.264 e. The van der Waals surface area contributed by atoms with Crippen molar-refractivity contribution in [2.75, 3.05) is 12.9 Å². The molecule has 5 nitrogen and oxygen atoms in total. The minimum Gasteiger partial charge on any atom is -0.299 e. The SMILES string of the molecule is C[C@]12CC=C3C(CCC4=CC(=O)CC[C@@]43CCOS(C)(=O)=O)C1CCC2=O. The zero-order chi connectivity index (χ0) is 19.4. The molecule has 6 heteroatoms. The Labute approximate surface area is 161 Å². The van der Waals surface area contributed by atoms with Gasteiger partial charge in [-0.15, -0.1) is 0 Å². The van der Waals surface area contributed by atoms with Crippen molar-refractivity contribution < 1.29 is 22.2 Å². The van der Waals surface area contributed by atoms with Gasteiger partial charge in [-0.05, 0) is 56.4 Å². The van der Waals surface area contributed by atoms with Crippen LogP contribution in [0.5, 0.6) is 0 Å². The molecule has 4 aliphatic carbocycles. The molecule has 0 aromatic rings. The summed E-state index contributed by atoms with van der Waals surface area (Å²) in [7, 11) is -3.49. The summed E-state index contributed by atoms with van der Waals surface area (Å²) in [4.78, 5) is 24.6. The molecule has 0 aliphatic heterocycles. The lowest BCUT2D eigenvalue weighted by atomic mass is 9.50. The first-order chi connectivity index (χ1) is 12.7. The molecular formula is C21H28O5S. The van der Waals surface area contributed by atoms with Crippen LogP contribution in [-0.4, -0.2) is 32.8 Å². The fraction of sp³-hybridized carbons (Fsp3) is 0.714. The molecule has 2 saturated carbocycles. The summed E-state index contributed by atoms with van der Waals surface area (Å²) in [5.41, 5.74) is 1.98. The molecule has 0 spiro atoms. The fourth-order valence-electron chi connectivity index (χ4n) is 6.26. The highest BCUT2D eigenvalue weighted by Crippen LogP contribution is 2.63. The zero-order valence-electron chi connectivity index (χ0n) is 16.1. The first-order valence-corrected chi connectivity index (χ1v) is 11.8. The molecule has 0 aromatic carbocycles. The van der Waals surface area contributed by atoms with Crippen molar-refractivity contribution in [3.05, 3.63) is 23.3 Å². The number of rotatable bonds is 4. The lowest BCUT2D eigenvalue weighted by Crippen LogP contribution is -2.46. The maximum atomic E-state index is 12.5. The van der Waals surface area contributed by atoms with E-state index in [1.807, 2.05) is 0 Å². The van der Waals surface area contributed by atoms with Crippen LogP contribution in [0.3, 0.4) is 0 Å². The largest absolute Gasteiger partial charge is 0.299 e. The third-order valence-electron chi connectivity index (χ3n) is 7.62. The standard InChI is InChI=1S/C21H28O5S/c1-20-9-8-18-16(17(20)5-6-19(20)23)4-3-14-13-15(22)7-10-21(14,18)11-12-26-27(2,24)25/h8,13,16-17H,3-7,9-12H2,1-2H3/t16?,17?,20-,21+/m0/s1. The van der Waals surface area contributed by atoms with E-state index in [-0.39, 0.29) is 23.2 Å². The van der Waals surface area contributed by atoms with Crippen LogP contribution in [0.15, 0.2) is 23.3 Å². The average molecular weight is 393 g/mol. The van der Waals surface area contributed by atoms with Crippen molar-refractivity contribution in [2.45, 2.75) is 58.3 Å². The van der Waals surface area contributed by atoms with Crippen LogP contribution in [-0.2, 0) is 23.9 Å². The predicted octanol–water partition coefficient (Wildman–Crippen LogP) is 3.35. The summed E-state index contributed by atoms with van der Waals surface area (Å²) in [6, 6.07) is 0. The summed E-state index contributed by atoms with van der Waals surface area (Å²) >= 11 is 0. The van der Waals surface area contributed by atoms with E-state index in [1.54, 1.807) is 6.08 Å². The molecule has 2 fully saturated rings. The molecule has 148 valence electrons. The Morgan fingerprint density at radius 1 is 1.19 bits per heavy atom. The Morgan fingerprint density at radius 2 is 1.96 bits per heavy atom. The van der Waals surface area contributed by atoms with Crippen molar-refractivity contribution in [1.82, 2.24) is 0 Å². The van der Waals surface area contributed by atoms with Crippen LogP contribution < -0.4 is 0 Å². The molecule has 0 aromatic heterocycles. The maximum absolute atomic E-state index is 12.5. The van der Waals surface area contributed by atoms with Gasteiger partial charge in [-0.2, -0.15) is 8.42 Å². The van der Waals surface area contributed by atoms with Crippen molar-refractivity contribution in [1.29, 1.82) is 0 Å². The number of allylic oxidation sites excluding steroid dienone is 4. The van der Waals surface area contributed by atoms with Gasteiger partial charge >= 0.3 is 0 Å². The molecule has 4 atom stereocenters. The van der Waals surface area contributed by atoms with Crippen LogP contribution >= 0.6 is 0 Å². The van der Waals surface area contributed by atoms with Gasteiger partial charge in [-0.25, -0.2) is 0 Å². The van der Waals surface area contributed by atoms with E-state index in [2.05, 4.69) is 13.0 Å². The Bertz CT molecular complexity index is 852. The molecule has 0 radical (unpaired) electrons. The van der Waals surface area contributed by atoms with Gasteiger partial charge in [0.2, 0.25) is 0 Å². The Balaban J connectivity index is 1.71. The molecule has 0 bridgehead atoms. The minimum absolute atomic E-state index is 0.134. The van der Waals surface area contributed by atoms with Crippen LogP contribution in [0.1, 0.15) is 58.3 Å². The van der Waals surface area contributed by atoms with E-state index in [4.69, 9.17) is 4.18 Å². The van der Waals surface area contributed by atoms with Gasteiger partial charge in [-0.3, -0.25) is 13.8 Å². The molecule has 0 N–H and O–H groups in total. The third-order valence-corrected chi connectivity index (χ3v) is 8.22. The van der Waals surface area contributed by atoms with Crippen molar-refractivity contribution in [3.8, 4) is 0 Å². The number of ketones is 2. The van der Waals surface area contributed by atoms with Gasteiger partial charge in [0, 0.05) is 23.7 Å². The van der Waals surface area contributed by atoms with Crippen molar-refractivity contribution in [3.63, 3.8) is 0 Å². The van der Waals surface area contributed by atoms with E-state index >= 15 is 0 Å². The molecule has 0 amide bonds. The Morgan fingerprint density at radius 3 is 2.70 bits per heavy atom. The molecule has 27 heavy (non-hydrogen) atoms. The second-order valence-corrected chi connectivity index (χ2v) is 10.6. The molecule has 0 heterocycles. The monoisotopic (exact) mass is 392 g/mol. The number of hydrogen-bond acceptors (Lipinski definition) is 5. The van der Waals surface area contributed by atoms with E-state index < -0.39 is 10.1 Å². The normalized spacial score (nSPS) is 38.6. The van der Waals surface area contributed by atoms with E-state index in [0.29, 0.717) is 36.9 Å². The third kappa shape index (κ3) is 3.05. The second kappa shape index (κ2) is 6.38. The van der Waals surface area contributed by atoms with Gasteiger partial charge in [0.05, 0.1) is 12.9 Å². The summed E-state index contributed by atoms with van der Waals surface area (Å²) in [5, 5.41) is 0. The molecule has 4 aliphatic rings. The topological polar surface area (TPSA) is 77.5 Å². The van der Waals surface area contributed by atoms with Gasteiger partial charge in [0.25, 0.3) is 10.1 Å². The predicted molar refractivity (Wildman–Crippen MR) is 101 cm³/mol. The van der Waals surface area contributed by atoms with Crippen LogP contribution in [0, 0.1) is 22.7 Å². The lowest BCUT2D eigenvalue weighted by Gasteiger charge is -2.53. The lowest BCUT2D eigenvalue weighted by molar-refractivity contribution is -0.127. The first kappa shape index (κ1) is 19.1. The Kier molecular flexibility index (Phi) is 4.50. The van der Waals surface area contributed by atoms with Crippen LogP contribution in [0.2, 0.25) is 0 Å². The number of carbonyl (C=O) groups is 2. The van der Waals surface area contributed by atoms with Gasteiger partial charge < -0.3 is 0 Å². The highest BCUT2D eigenvalue weighted by molar-refractivity contribution is 7.85. The fourth-order valence-corrected chi connectivity index (χ4v) is 6.64. The highest BCUT2D eigenvalue weighted by atomic mass is 32.2. The van der Waals surface area contributed by atoms with Gasteiger partial charge in [-0.1, -0.05) is 24.1 Å². The van der Waals surface area contributed by atoms with E-state index in [0.717, 1.165) is 43.9 Å². The minimum atomic E-state index is -3.49. The molecule has 0 saturated heterocycles. The summed E-state index contributed by atoms with van der Waals surface area (Å²) in [6.45, 7) is 2.25. The van der Waals surface area contributed by atoms with Gasteiger partial charge in [0.15, 0.2) is 5.78 Å². The van der Waals surface area contributed by atoms with Gasteiger partial charge in [0.1, 0.15) is 5.78 Å². The van der Waals surface area contributed by atoms with E-state index in [1.165, 1.54) is 5.57 Å². The van der Waals surface area contributed by atoms with E-state index in [9.17, 15) is 18.0 Å². The second-order valence-electron chi connectivity index (χ2n) is 8.99. The van der Waals surface area contributed by atoms with Crippen LogP contribution in [0.25, 0.3) is 0 Å². The summed E-state index contributed by atoms with van der Waals surface area (Å²) < 4.78 is 28.0. The van der Waals surface area contributed by atoms with Crippen molar-refractivity contribution >= 4 is 21.7 Å². The number of carbonyl (C=O) groups excluding carboxylic acids is 2. The number of Topliss-reactive ketones (excluding diaryl/α,β-unsaturated/α-hetero) is 1.